The van der Waals surface area contributed by atoms with Gasteiger partial charge in [0.2, 0.25) is 0 Å². The molecule has 0 aromatic heterocycles. The van der Waals surface area contributed by atoms with E-state index < -0.39 is 0 Å². The number of rotatable bonds is 4. The van der Waals surface area contributed by atoms with Crippen molar-refractivity contribution in [1.29, 1.82) is 0 Å². The Bertz CT molecular complexity index is 387. The molecular weight excluding hydrogens is 240 g/mol. The lowest BCUT2D eigenvalue weighted by Gasteiger charge is -2.54. The van der Waals surface area contributed by atoms with E-state index in [-0.39, 0.29) is 0 Å². The molecule has 0 radical (unpaired) electrons. The second kappa shape index (κ2) is 5.70. The zero-order valence-electron chi connectivity index (χ0n) is 14.4. The van der Waals surface area contributed by atoms with Crippen molar-refractivity contribution in [3.05, 3.63) is 24.3 Å². The van der Waals surface area contributed by atoms with Gasteiger partial charge in [0.25, 0.3) is 0 Å². The minimum Gasteiger partial charge on any atom is -0.0874 e. The van der Waals surface area contributed by atoms with Gasteiger partial charge in [-0.2, -0.15) is 0 Å². The molecule has 0 spiro atoms. The summed E-state index contributed by atoms with van der Waals surface area (Å²) in [6, 6.07) is 0. The summed E-state index contributed by atoms with van der Waals surface area (Å²) in [4.78, 5) is 0. The average Bonchev–Trinajstić information content (AvgIpc) is 2.36. The predicted octanol–water partition coefficient (Wildman–Crippen LogP) is 6.24. The first kappa shape index (κ1) is 15.9. The van der Waals surface area contributed by atoms with Gasteiger partial charge in [-0.1, -0.05) is 78.7 Å². The van der Waals surface area contributed by atoms with E-state index in [1.165, 1.54) is 25.7 Å². The highest BCUT2D eigenvalue weighted by Gasteiger charge is 2.49. The van der Waals surface area contributed by atoms with Crippen LogP contribution in [-0.4, -0.2) is 0 Å². The Hall–Kier alpha value is -0.520. The SMILES string of the molecule is CC[C@@H](C)CC[C@H]1[C@@H](C)C=C[C@H]2C(C)(C)CC=C[C@]12C. The van der Waals surface area contributed by atoms with E-state index in [2.05, 4.69) is 65.8 Å². The molecule has 0 saturated heterocycles. The largest absolute Gasteiger partial charge is 0.0874 e. The summed E-state index contributed by atoms with van der Waals surface area (Å²) >= 11 is 0. The topological polar surface area (TPSA) is 0 Å². The van der Waals surface area contributed by atoms with E-state index in [0.717, 1.165) is 17.8 Å². The van der Waals surface area contributed by atoms with Crippen LogP contribution < -0.4 is 0 Å². The lowest BCUT2D eigenvalue weighted by Crippen LogP contribution is -2.47. The van der Waals surface area contributed by atoms with Gasteiger partial charge in [0, 0.05) is 0 Å². The summed E-state index contributed by atoms with van der Waals surface area (Å²) in [5.74, 6) is 3.11. The Balaban J connectivity index is 2.24. The predicted molar refractivity (Wildman–Crippen MR) is 89.6 cm³/mol. The average molecular weight is 274 g/mol. The Morgan fingerprint density at radius 1 is 1.20 bits per heavy atom. The van der Waals surface area contributed by atoms with Crippen molar-refractivity contribution in [3.8, 4) is 0 Å². The van der Waals surface area contributed by atoms with Gasteiger partial charge in [-0.15, -0.1) is 0 Å². The molecule has 0 amide bonds. The first-order valence-corrected chi connectivity index (χ1v) is 8.67. The van der Waals surface area contributed by atoms with Crippen molar-refractivity contribution < 1.29 is 0 Å². The van der Waals surface area contributed by atoms with Crippen molar-refractivity contribution in [2.24, 2.45) is 34.5 Å². The lowest BCUT2D eigenvalue weighted by molar-refractivity contribution is 0.0352. The molecular formula is C20H34. The molecule has 0 fully saturated rings. The summed E-state index contributed by atoms with van der Waals surface area (Å²) in [5, 5.41) is 0. The molecule has 0 aromatic carbocycles. The molecule has 0 unspecified atom stereocenters. The van der Waals surface area contributed by atoms with Gasteiger partial charge in [-0.25, -0.2) is 0 Å². The smallest absolute Gasteiger partial charge is 0.00448 e. The molecule has 0 N–H and O–H groups in total. The molecule has 114 valence electrons. The molecule has 0 aromatic rings. The Labute approximate surface area is 126 Å². The van der Waals surface area contributed by atoms with Crippen LogP contribution in [0.15, 0.2) is 24.3 Å². The van der Waals surface area contributed by atoms with Crippen molar-refractivity contribution in [2.75, 3.05) is 0 Å². The van der Waals surface area contributed by atoms with Gasteiger partial charge in [-0.05, 0) is 47.3 Å². The number of hydrogen-bond donors (Lipinski definition) is 0. The third kappa shape index (κ3) is 2.76. The van der Waals surface area contributed by atoms with E-state index >= 15 is 0 Å². The van der Waals surface area contributed by atoms with Crippen molar-refractivity contribution >= 4 is 0 Å². The first-order valence-electron chi connectivity index (χ1n) is 8.67. The lowest BCUT2D eigenvalue weighted by atomic mass is 9.50. The van der Waals surface area contributed by atoms with Crippen molar-refractivity contribution in [1.82, 2.24) is 0 Å². The third-order valence-corrected chi connectivity index (χ3v) is 6.34. The standard InChI is InChI=1S/C20H34/c1-7-15(2)9-11-17-16(3)10-12-18-19(4,5)13-8-14-20(17,18)6/h8,10,12,14-18H,7,9,11,13H2,1-6H3/t15-,16+,17+,18+,20-/m1/s1. The monoisotopic (exact) mass is 274 g/mol. The highest BCUT2D eigenvalue weighted by Crippen LogP contribution is 2.57. The molecule has 5 atom stereocenters. The van der Waals surface area contributed by atoms with E-state index in [1.807, 2.05) is 0 Å². The van der Waals surface area contributed by atoms with Crippen LogP contribution in [-0.2, 0) is 0 Å². The molecule has 0 nitrogen and oxygen atoms in total. The van der Waals surface area contributed by atoms with Crippen LogP contribution >= 0.6 is 0 Å². The second-order valence-corrected chi connectivity index (χ2v) is 8.38. The summed E-state index contributed by atoms with van der Waals surface area (Å²) in [7, 11) is 0. The van der Waals surface area contributed by atoms with Gasteiger partial charge in [-0.3, -0.25) is 0 Å². The zero-order chi connectivity index (χ0) is 15.0. The highest BCUT2D eigenvalue weighted by molar-refractivity contribution is 5.22. The van der Waals surface area contributed by atoms with E-state index in [9.17, 15) is 0 Å². The summed E-state index contributed by atoms with van der Waals surface area (Å²) in [6.45, 7) is 14.6. The van der Waals surface area contributed by atoms with E-state index in [0.29, 0.717) is 16.7 Å². The first-order chi connectivity index (χ1) is 9.31. The van der Waals surface area contributed by atoms with Crippen LogP contribution in [0.1, 0.15) is 67.2 Å². The van der Waals surface area contributed by atoms with Crippen LogP contribution in [0.3, 0.4) is 0 Å². The fourth-order valence-electron chi connectivity index (χ4n) is 4.74. The van der Waals surface area contributed by atoms with Gasteiger partial charge in [0.1, 0.15) is 0 Å². The molecule has 0 aliphatic heterocycles. The highest BCUT2D eigenvalue weighted by atomic mass is 14.5. The maximum Gasteiger partial charge on any atom is -0.00448 e. The van der Waals surface area contributed by atoms with Gasteiger partial charge in [0.15, 0.2) is 0 Å². The second-order valence-electron chi connectivity index (χ2n) is 8.38. The van der Waals surface area contributed by atoms with Gasteiger partial charge in [0.05, 0.1) is 0 Å². The molecule has 2 aliphatic carbocycles. The fraction of sp³-hybridized carbons (Fsp3) is 0.800. The Morgan fingerprint density at radius 2 is 1.90 bits per heavy atom. The third-order valence-electron chi connectivity index (χ3n) is 6.34. The van der Waals surface area contributed by atoms with Gasteiger partial charge < -0.3 is 0 Å². The summed E-state index contributed by atoms with van der Waals surface area (Å²) < 4.78 is 0. The normalized spacial score (nSPS) is 40.4. The molecule has 2 rings (SSSR count). The van der Waals surface area contributed by atoms with E-state index in [1.54, 1.807) is 0 Å². The number of fused-ring (bicyclic) bond motifs is 1. The number of hydrogen-bond acceptors (Lipinski definition) is 0. The molecule has 2 aliphatic rings. The van der Waals surface area contributed by atoms with Crippen LogP contribution in [0.5, 0.6) is 0 Å². The molecule has 0 heteroatoms. The van der Waals surface area contributed by atoms with E-state index in [4.69, 9.17) is 0 Å². The summed E-state index contributed by atoms with van der Waals surface area (Å²) in [5.41, 5.74) is 0.776. The number of allylic oxidation sites excluding steroid dienone is 4. The van der Waals surface area contributed by atoms with Crippen LogP contribution in [0.4, 0.5) is 0 Å². The summed E-state index contributed by atoms with van der Waals surface area (Å²) in [6.07, 6.45) is 15.4. The maximum atomic E-state index is 2.56. The maximum absolute atomic E-state index is 2.56. The Kier molecular flexibility index (Phi) is 4.52. The minimum atomic E-state index is 0.364. The van der Waals surface area contributed by atoms with Crippen LogP contribution in [0.25, 0.3) is 0 Å². The quantitative estimate of drug-likeness (QED) is 0.532. The molecule has 0 bridgehead atoms. The molecule has 20 heavy (non-hydrogen) atoms. The molecule has 0 saturated carbocycles. The van der Waals surface area contributed by atoms with Crippen molar-refractivity contribution in [2.45, 2.75) is 67.2 Å². The fourth-order valence-corrected chi connectivity index (χ4v) is 4.74. The minimum absolute atomic E-state index is 0.364. The van der Waals surface area contributed by atoms with Crippen LogP contribution in [0, 0.1) is 34.5 Å². The van der Waals surface area contributed by atoms with Crippen molar-refractivity contribution in [3.63, 3.8) is 0 Å². The van der Waals surface area contributed by atoms with Crippen LogP contribution in [0.2, 0.25) is 0 Å². The van der Waals surface area contributed by atoms with Gasteiger partial charge >= 0.3 is 0 Å². The Morgan fingerprint density at radius 3 is 2.55 bits per heavy atom. The molecule has 0 heterocycles. The zero-order valence-corrected chi connectivity index (χ0v) is 14.4.